The lowest BCUT2D eigenvalue weighted by atomic mass is 9.84. The number of amides is 3. The van der Waals surface area contributed by atoms with Crippen molar-refractivity contribution < 1.29 is 9.59 Å². The van der Waals surface area contributed by atoms with Crippen LogP contribution in [0.2, 0.25) is 0 Å². The molecule has 0 radical (unpaired) electrons. The Balaban J connectivity index is 1.32. The molecule has 1 heterocycles. The van der Waals surface area contributed by atoms with Gasteiger partial charge in [-0.05, 0) is 36.3 Å². The van der Waals surface area contributed by atoms with Crippen LogP contribution in [-0.2, 0) is 4.79 Å². The van der Waals surface area contributed by atoms with Crippen molar-refractivity contribution in [1.29, 1.82) is 0 Å². The molecular formula is C20H27N3O2. The minimum absolute atomic E-state index is 0.00430. The first-order valence-electron chi connectivity index (χ1n) is 9.56. The molecule has 1 N–H and O–H groups in total. The number of carbonyl (C=O) groups is 2. The van der Waals surface area contributed by atoms with Gasteiger partial charge >= 0.3 is 6.03 Å². The molecule has 2 atom stereocenters. The Morgan fingerprint density at radius 2 is 1.64 bits per heavy atom. The molecule has 0 aromatic heterocycles. The molecule has 5 heteroatoms. The van der Waals surface area contributed by atoms with Crippen LogP contribution in [0.3, 0.4) is 0 Å². The van der Waals surface area contributed by atoms with Gasteiger partial charge in [0.25, 0.3) is 0 Å². The van der Waals surface area contributed by atoms with Crippen LogP contribution in [0.1, 0.15) is 55.7 Å². The van der Waals surface area contributed by atoms with Gasteiger partial charge in [0.05, 0.1) is 6.04 Å². The third kappa shape index (κ3) is 3.12. The molecule has 3 amide bonds. The molecule has 3 aliphatic rings. The summed E-state index contributed by atoms with van der Waals surface area (Å²) in [5, 5.41) is 3.21. The number of fused-ring (bicyclic) bond motifs is 1. The second-order valence-electron chi connectivity index (χ2n) is 7.71. The highest BCUT2D eigenvalue weighted by molar-refractivity contribution is 5.80. The van der Waals surface area contributed by atoms with E-state index in [1.165, 1.54) is 17.5 Å². The molecule has 4 rings (SSSR count). The van der Waals surface area contributed by atoms with Gasteiger partial charge in [-0.3, -0.25) is 4.79 Å². The van der Waals surface area contributed by atoms with E-state index in [4.69, 9.17) is 0 Å². The molecule has 0 bridgehead atoms. The molecular weight excluding hydrogens is 314 g/mol. The summed E-state index contributed by atoms with van der Waals surface area (Å²) in [6.07, 6.45) is 4.23. The smallest absolute Gasteiger partial charge is 0.318 e. The lowest BCUT2D eigenvalue weighted by Gasteiger charge is -2.38. The molecule has 1 saturated carbocycles. The zero-order valence-electron chi connectivity index (χ0n) is 14.9. The zero-order chi connectivity index (χ0) is 17.4. The fourth-order valence-corrected chi connectivity index (χ4v) is 4.30. The number of hydrogen-bond donors (Lipinski definition) is 1. The van der Waals surface area contributed by atoms with Crippen LogP contribution in [0.15, 0.2) is 24.3 Å². The van der Waals surface area contributed by atoms with E-state index in [9.17, 15) is 9.59 Å². The second kappa shape index (κ2) is 6.70. The predicted molar refractivity (Wildman–Crippen MR) is 96.2 cm³/mol. The summed E-state index contributed by atoms with van der Waals surface area (Å²) in [5.74, 6) is 1.03. The molecule has 1 saturated heterocycles. The molecule has 2 fully saturated rings. The van der Waals surface area contributed by atoms with E-state index in [2.05, 4.69) is 30.4 Å². The van der Waals surface area contributed by atoms with E-state index >= 15 is 0 Å². The minimum Gasteiger partial charge on any atom is -0.339 e. The largest absolute Gasteiger partial charge is 0.339 e. The normalized spacial score (nSPS) is 26.1. The summed E-state index contributed by atoms with van der Waals surface area (Å²) in [7, 11) is 0. The Bertz CT molecular complexity index is 663. The number of carbonyl (C=O) groups excluding carboxylic acids is 2. The quantitative estimate of drug-likeness (QED) is 0.899. The minimum atomic E-state index is 0.00430. The number of piperazine rings is 1. The van der Waals surface area contributed by atoms with Crippen LogP contribution in [0.25, 0.3) is 0 Å². The highest BCUT2D eigenvalue weighted by Gasteiger charge is 2.33. The van der Waals surface area contributed by atoms with Gasteiger partial charge in [-0.2, -0.15) is 0 Å². The number of nitrogens with one attached hydrogen (secondary N) is 1. The maximum atomic E-state index is 12.7. The van der Waals surface area contributed by atoms with Gasteiger partial charge in [0.15, 0.2) is 0 Å². The van der Waals surface area contributed by atoms with Gasteiger partial charge in [-0.25, -0.2) is 4.79 Å². The first kappa shape index (κ1) is 16.4. The van der Waals surface area contributed by atoms with Crippen molar-refractivity contribution in [3.05, 3.63) is 35.4 Å². The van der Waals surface area contributed by atoms with Crippen molar-refractivity contribution >= 4 is 11.9 Å². The lowest BCUT2D eigenvalue weighted by Crippen LogP contribution is -2.54. The van der Waals surface area contributed by atoms with Crippen molar-refractivity contribution in [1.82, 2.24) is 15.1 Å². The average Bonchev–Trinajstić information content (AvgIpc) is 2.90. The standard InChI is InChI=1S/C20H27N3O2/c1-14-13-18(17-8-3-2-7-16(14)17)21-20(25)23-11-9-22(10-12-23)19(24)15-5-4-6-15/h2-3,7-8,14-15,18H,4-6,9-13H2,1H3,(H,21,25)/t14-,18-/m0/s1. The average molecular weight is 341 g/mol. The molecule has 0 spiro atoms. The van der Waals surface area contributed by atoms with Crippen molar-refractivity contribution in [3.8, 4) is 0 Å². The summed E-state index contributed by atoms with van der Waals surface area (Å²) in [5.41, 5.74) is 2.60. The molecule has 2 aliphatic carbocycles. The molecule has 1 aliphatic heterocycles. The van der Waals surface area contributed by atoms with Crippen LogP contribution in [0.5, 0.6) is 0 Å². The Hall–Kier alpha value is -2.04. The third-order valence-corrected chi connectivity index (χ3v) is 6.12. The van der Waals surface area contributed by atoms with Gasteiger partial charge in [-0.15, -0.1) is 0 Å². The van der Waals surface area contributed by atoms with Crippen molar-refractivity contribution in [2.45, 2.75) is 44.6 Å². The van der Waals surface area contributed by atoms with Crippen molar-refractivity contribution in [3.63, 3.8) is 0 Å². The van der Waals surface area contributed by atoms with Crippen LogP contribution in [0.4, 0.5) is 4.79 Å². The van der Waals surface area contributed by atoms with E-state index in [0.29, 0.717) is 38.0 Å². The fraction of sp³-hybridized carbons (Fsp3) is 0.600. The summed E-state index contributed by atoms with van der Waals surface area (Å²) in [6, 6.07) is 8.51. The van der Waals surface area contributed by atoms with Crippen LogP contribution in [0, 0.1) is 5.92 Å². The summed E-state index contributed by atoms with van der Waals surface area (Å²) < 4.78 is 0. The van der Waals surface area contributed by atoms with Crippen LogP contribution >= 0.6 is 0 Å². The van der Waals surface area contributed by atoms with E-state index in [0.717, 1.165) is 19.3 Å². The lowest BCUT2D eigenvalue weighted by molar-refractivity contribution is -0.139. The van der Waals surface area contributed by atoms with Crippen LogP contribution < -0.4 is 5.32 Å². The van der Waals surface area contributed by atoms with Crippen molar-refractivity contribution in [2.24, 2.45) is 5.92 Å². The summed E-state index contributed by atoms with van der Waals surface area (Å²) in [4.78, 5) is 28.8. The maximum Gasteiger partial charge on any atom is 0.318 e. The number of nitrogens with zero attached hydrogens (tertiary/aromatic N) is 2. The first-order chi connectivity index (χ1) is 12.1. The van der Waals surface area contributed by atoms with Crippen molar-refractivity contribution in [2.75, 3.05) is 26.2 Å². The highest BCUT2D eigenvalue weighted by atomic mass is 16.2. The SMILES string of the molecule is C[C@H]1C[C@H](NC(=O)N2CCN(C(=O)C3CCC3)CC2)c2ccccc21. The predicted octanol–water partition coefficient (Wildman–Crippen LogP) is 2.89. The Kier molecular flexibility index (Phi) is 4.40. The number of hydrogen-bond acceptors (Lipinski definition) is 2. The molecule has 1 aromatic rings. The molecule has 25 heavy (non-hydrogen) atoms. The van der Waals surface area contributed by atoms with E-state index < -0.39 is 0 Å². The Morgan fingerprint density at radius 3 is 2.28 bits per heavy atom. The number of benzene rings is 1. The Labute approximate surface area is 149 Å². The Morgan fingerprint density at radius 1 is 1.00 bits per heavy atom. The number of rotatable bonds is 2. The monoisotopic (exact) mass is 341 g/mol. The molecule has 5 nitrogen and oxygen atoms in total. The highest BCUT2D eigenvalue weighted by Crippen LogP contribution is 2.39. The van der Waals surface area contributed by atoms with Gasteiger partial charge in [0.1, 0.15) is 0 Å². The first-order valence-corrected chi connectivity index (χ1v) is 9.56. The summed E-state index contributed by atoms with van der Waals surface area (Å²) in [6.45, 7) is 4.82. The third-order valence-electron chi connectivity index (χ3n) is 6.12. The van der Waals surface area contributed by atoms with E-state index in [-0.39, 0.29) is 18.0 Å². The number of urea groups is 1. The second-order valence-corrected chi connectivity index (χ2v) is 7.71. The molecule has 1 aromatic carbocycles. The maximum absolute atomic E-state index is 12.7. The van der Waals surface area contributed by atoms with Gasteiger partial charge in [0, 0.05) is 32.1 Å². The summed E-state index contributed by atoms with van der Waals surface area (Å²) >= 11 is 0. The van der Waals surface area contributed by atoms with Crippen LogP contribution in [-0.4, -0.2) is 47.9 Å². The van der Waals surface area contributed by atoms with Gasteiger partial charge in [-0.1, -0.05) is 37.6 Å². The molecule has 0 unspecified atom stereocenters. The van der Waals surface area contributed by atoms with Gasteiger partial charge < -0.3 is 15.1 Å². The van der Waals surface area contributed by atoms with E-state index in [1.54, 1.807) is 0 Å². The van der Waals surface area contributed by atoms with Gasteiger partial charge in [0.2, 0.25) is 5.91 Å². The topological polar surface area (TPSA) is 52.7 Å². The molecule has 134 valence electrons. The zero-order valence-corrected chi connectivity index (χ0v) is 14.9. The fourth-order valence-electron chi connectivity index (χ4n) is 4.30. The van der Waals surface area contributed by atoms with E-state index in [1.807, 2.05) is 15.9 Å².